The molecule has 0 amide bonds. The molecule has 0 aliphatic carbocycles. The van der Waals surface area contributed by atoms with E-state index in [1.165, 1.54) is 19.3 Å². The first kappa shape index (κ1) is 16.1. The zero-order valence-corrected chi connectivity index (χ0v) is 17.6. The van der Waals surface area contributed by atoms with Gasteiger partial charge in [0.25, 0.3) is 0 Å². The molecule has 2 aliphatic heterocycles. The molecular formula is C10H16Br2HgN2-2. The second-order valence-corrected chi connectivity index (χ2v) is 26.8. The predicted octanol–water partition coefficient (Wildman–Crippen LogP) is 4.68. The van der Waals surface area contributed by atoms with Crippen molar-refractivity contribution in [3.05, 3.63) is 35.1 Å². The Morgan fingerprint density at radius 1 is 1.00 bits per heavy atom. The van der Waals surface area contributed by atoms with E-state index < -0.39 is 19.7 Å². The normalized spacial score (nSPS) is 17.2. The van der Waals surface area contributed by atoms with Gasteiger partial charge in [0.1, 0.15) is 0 Å². The van der Waals surface area contributed by atoms with Gasteiger partial charge >= 0.3 is 43.5 Å². The number of rotatable bonds is 0. The SMILES string of the molecule is C1=CC[N-]C=C1.C1CC[N-]CC1.[Br][Hg][Br]. The van der Waals surface area contributed by atoms with Crippen molar-refractivity contribution in [2.75, 3.05) is 19.6 Å². The van der Waals surface area contributed by atoms with Crippen LogP contribution in [-0.4, -0.2) is 19.6 Å². The molecule has 0 aromatic heterocycles. The molecule has 0 aromatic carbocycles. The molecule has 0 spiro atoms. The molecule has 2 aliphatic rings. The Kier molecular flexibility index (Phi) is 16.3. The van der Waals surface area contributed by atoms with Crippen molar-refractivity contribution >= 4 is 23.8 Å². The van der Waals surface area contributed by atoms with Crippen molar-refractivity contribution in [2.24, 2.45) is 0 Å². The number of halogens is 2. The topological polar surface area (TPSA) is 28.2 Å². The van der Waals surface area contributed by atoms with Gasteiger partial charge in [-0.3, -0.25) is 0 Å². The number of nitrogens with zero attached hydrogens (tertiary/aromatic N) is 2. The van der Waals surface area contributed by atoms with Crippen molar-refractivity contribution in [3.8, 4) is 0 Å². The number of allylic oxidation sites excluding steroid dienone is 2. The molecule has 15 heavy (non-hydrogen) atoms. The number of hydrogen-bond acceptors (Lipinski definition) is 0. The van der Waals surface area contributed by atoms with Crippen molar-refractivity contribution in [3.63, 3.8) is 0 Å². The summed E-state index contributed by atoms with van der Waals surface area (Å²) < 4.78 is 0. The maximum atomic E-state index is 4.18. The molecule has 0 bridgehead atoms. The summed E-state index contributed by atoms with van der Waals surface area (Å²) in [5.41, 5.74) is 0. The molecule has 0 aromatic rings. The third kappa shape index (κ3) is 15.1. The summed E-state index contributed by atoms with van der Waals surface area (Å²) in [6.45, 7) is 3.11. The Morgan fingerprint density at radius 2 is 1.67 bits per heavy atom. The molecule has 2 heterocycles. The fourth-order valence-corrected chi connectivity index (χ4v) is 1.11. The Labute approximate surface area is 116 Å². The van der Waals surface area contributed by atoms with E-state index in [-0.39, 0.29) is 0 Å². The quantitative estimate of drug-likeness (QED) is 0.412. The molecule has 84 valence electrons. The van der Waals surface area contributed by atoms with E-state index in [2.05, 4.69) is 34.4 Å². The van der Waals surface area contributed by atoms with Crippen LogP contribution >= 0.6 is 23.8 Å². The average molecular weight is 525 g/mol. The van der Waals surface area contributed by atoms with Crippen LogP contribution in [0.2, 0.25) is 0 Å². The standard InChI is InChI=1S/C5H10N.C5H6N.2BrH.Hg/c2*1-2-4-6-5-3-1;;;/h1-5H2;1-4H,5H2;2*1H;/q2*-1;;;+2/p-2. The van der Waals surface area contributed by atoms with Crippen LogP contribution in [0.5, 0.6) is 0 Å². The summed E-state index contributed by atoms with van der Waals surface area (Å²) in [7, 11) is 0. The van der Waals surface area contributed by atoms with Crippen LogP contribution in [-0.2, 0) is 19.7 Å². The first-order chi connectivity index (χ1) is 7.41. The molecule has 1 fully saturated rings. The second kappa shape index (κ2) is 15.1. The van der Waals surface area contributed by atoms with E-state index in [0.29, 0.717) is 0 Å². The average Bonchev–Trinajstić information content (AvgIpc) is 2.35. The van der Waals surface area contributed by atoms with Gasteiger partial charge in [0.05, 0.1) is 0 Å². The summed E-state index contributed by atoms with van der Waals surface area (Å²) >= 11 is 6.11. The summed E-state index contributed by atoms with van der Waals surface area (Å²) in [5.74, 6) is 0. The van der Waals surface area contributed by atoms with Crippen LogP contribution in [0.1, 0.15) is 19.3 Å². The van der Waals surface area contributed by atoms with E-state index in [1.54, 1.807) is 6.20 Å². The van der Waals surface area contributed by atoms with E-state index in [4.69, 9.17) is 0 Å². The Balaban J connectivity index is 0.000000210. The molecule has 0 atom stereocenters. The van der Waals surface area contributed by atoms with Crippen molar-refractivity contribution in [1.82, 2.24) is 0 Å². The summed E-state index contributed by atoms with van der Waals surface area (Å²) in [6, 6.07) is 0. The van der Waals surface area contributed by atoms with E-state index in [9.17, 15) is 0 Å². The van der Waals surface area contributed by atoms with Gasteiger partial charge in [-0.05, 0) is 0 Å². The minimum atomic E-state index is -0.458. The van der Waals surface area contributed by atoms with Gasteiger partial charge in [0, 0.05) is 0 Å². The van der Waals surface area contributed by atoms with Crippen molar-refractivity contribution < 1.29 is 19.7 Å². The second-order valence-electron chi connectivity index (χ2n) is 2.97. The molecule has 1 saturated heterocycles. The molecule has 2 rings (SSSR count). The van der Waals surface area contributed by atoms with Crippen molar-refractivity contribution in [2.45, 2.75) is 19.3 Å². The first-order valence-corrected chi connectivity index (χ1v) is 29.0. The van der Waals surface area contributed by atoms with Gasteiger partial charge in [-0.15, -0.1) is 25.7 Å². The molecule has 0 N–H and O–H groups in total. The summed E-state index contributed by atoms with van der Waals surface area (Å²) in [5, 5.41) is 8.09. The summed E-state index contributed by atoms with van der Waals surface area (Å²) in [4.78, 5) is 0. The zero-order chi connectivity index (χ0) is 11.2. The molecule has 0 unspecified atom stereocenters. The fraction of sp³-hybridized carbons (Fsp3) is 0.600. The van der Waals surface area contributed by atoms with E-state index in [1.807, 2.05) is 18.2 Å². The van der Waals surface area contributed by atoms with Gasteiger partial charge < -0.3 is 10.6 Å². The molecule has 5 heteroatoms. The van der Waals surface area contributed by atoms with Crippen LogP contribution in [0.4, 0.5) is 0 Å². The Morgan fingerprint density at radius 3 is 1.80 bits per heavy atom. The Hall–Kier alpha value is 1.14. The van der Waals surface area contributed by atoms with Crippen LogP contribution in [0.25, 0.3) is 10.6 Å². The van der Waals surface area contributed by atoms with Gasteiger partial charge in [-0.1, -0.05) is 31.4 Å². The molecular weight excluding hydrogens is 509 g/mol. The van der Waals surface area contributed by atoms with Gasteiger partial charge in [0.15, 0.2) is 0 Å². The minimum absolute atomic E-state index is 0.458. The third-order valence-corrected chi connectivity index (χ3v) is 1.78. The Bertz CT molecular complexity index is 147. The molecule has 2 nitrogen and oxygen atoms in total. The van der Waals surface area contributed by atoms with Crippen LogP contribution in [0, 0.1) is 0 Å². The molecule has 0 radical (unpaired) electrons. The third-order valence-electron chi connectivity index (χ3n) is 1.78. The fourth-order valence-electron chi connectivity index (χ4n) is 1.11. The van der Waals surface area contributed by atoms with Crippen LogP contribution in [0.15, 0.2) is 24.4 Å². The van der Waals surface area contributed by atoms with Crippen molar-refractivity contribution in [1.29, 1.82) is 0 Å². The van der Waals surface area contributed by atoms with Crippen LogP contribution in [0.3, 0.4) is 0 Å². The zero-order valence-electron chi connectivity index (χ0n) is 8.91. The van der Waals surface area contributed by atoms with Gasteiger partial charge in [-0.25, -0.2) is 0 Å². The van der Waals surface area contributed by atoms with E-state index in [0.717, 1.165) is 19.6 Å². The predicted molar refractivity (Wildman–Crippen MR) is 71.3 cm³/mol. The number of piperidine rings is 1. The van der Waals surface area contributed by atoms with Crippen LogP contribution < -0.4 is 0 Å². The first-order valence-electron chi connectivity index (χ1n) is 5.15. The molecule has 0 saturated carbocycles. The van der Waals surface area contributed by atoms with Gasteiger partial charge in [-0.2, -0.15) is 6.20 Å². The monoisotopic (exact) mass is 524 g/mol. The maximum absolute atomic E-state index is 4.18. The summed E-state index contributed by atoms with van der Waals surface area (Å²) in [6.07, 6.45) is 11.8. The number of hydrogen-bond donors (Lipinski definition) is 0. The van der Waals surface area contributed by atoms with Gasteiger partial charge in [0.2, 0.25) is 0 Å². The van der Waals surface area contributed by atoms with E-state index >= 15 is 0 Å².